The first-order chi connectivity index (χ1) is 9.29. The summed E-state index contributed by atoms with van der Waals surface area (Å²) >= 11 is 0. The molecule has 112 valence electrons. The first-order valence-corrected chi connectivity index (χ1v) is 9.29. The van der Waals surface area contributed by atoms with Crippen LogP contribution in [0.1, 0.15) is 97.3 Å². The molecular weight excluding hydrogens is 228 g/mol. The molecule has 2 rings (SSSR count). The minimum absolute atomic E-state index is 1.02. The zero-order valence-electron chi connectivity index (χ0n) is 13.5. The van der Waals surface area contributed by atoms with Gasteiger partial charge in [0, 0.05) is 0 Å². The molecule has 0 radical (unpaired) electrons. The summed E-state index contributed by atoms with van der Waals surface area (Å²) in [4.78, 5) is 0. The molecule has 0 aromatic heterocycles. The molecule has 0 unspecified atom stereocenters. The molecule has 2 saturated carbocycles. The van der Waals surface area contributed by atoms with Gasteiger partial charge in [0.25, 0.3) is 0 Å². The fraction of sp³-hybridized carbons (Fsp3) is 1.00. The summed E-state index contributed by atoms with van der Waals surface area (Å²) < 4.78 is 0. The van der Waals surface area contributed by atoms with Crippen LogP contribution in [-0.2, 0) is 0 Å². The lowest BCUT2D eigenvalue weighted by Crippen LogP contribution is -2.25. The van der Waals surface area contributed by atoms with E-state index in [4.69, 9.17) is 0 Å². The molecule has 2 aliphatic rings. The lowest BCUT2D eigenvalue weighted by Gasteiger charge is -2.37. The summed E-state index contributed by atoms with van der Waals surface area (Å²) in [6.45, 7) is 4.76. The third-order valence-corrected chi connectivity index (χ3v) is 6.08. The van der Waals surface area contributed by atoms with Crippen molar-refractivity contribution in [2.45, 2.75) is 97.3 Å². The van der Waals surface area contributed by atoms with Gasteiger partial charge in [0.2, 0.25) is 0 Å². The van der Waals surface area contributed by atoms with Gasteiger partial charge in [-0.05, 0) is 49.4 Å². The molecule has 0 bridgehead atoms. The van der Waals surface area contributed by atoms with Crippen LogP contribution in [0, 0.1) is 23.7 Å². The highest BCUT2D eigenvalue weighted by Crippen LogP contribution is 2.42. The maximum atomic E-state index is 2.45. The fourth-order valence-electron chi connectivity index (χ4n) is 4.57. The predicted molar refractivity (Wildman–Crippen MR) is 85.3 cm³/mol. The molecule has 0 aliphatic heterocycles. The fourth-order valence-corrected chi connectivity index (χ4v) is 4.57. The normalized spacial score (nSPS) is 36.3. The predicted octanol–water partition coefficient (Wildman–Crippen LogP) is 6.59. The smallest absolute Gasteiger partial charge is 0.0386 e. The quantitative estimate of drug-likeness (QED) is 0.475. The van der Waals surface area contributed by atoms with Crippen molar-refractivity contribution in [2.75, 3.05) is 0 Å². The molecular formula is C19H36. The Morgan fingerprint density at radius 1 is 0.684 bits per heavy atom. The molecule has 0 amide bonds. The zero-order chi connectivity index (χ0) is 13.5. The Hall–Kier alpha value is 0. The monoisotopic (exact) mass is 264 g/mol. The second kappa shape index (κ2) is 8.32. The van der Waals surface area contributed by atoms with Gasteiger partial charge in [-0.25, -0.2) is 0 Å². The standard InChI is InChI=1S/C19H36/c1-3-4-5-6-7-17-10-14-19(15-11-17)18-12-8-16(2)9-13-18/h16-19H,3-15H2,1-2H3/t16-,17?,18-,19?. The number of hydrogen-bond donors (Lipinski definition) is 0. The summed E-state index contributed by atoms with van der Waals surface area (Å²) in [6.07, 6.45) is 19.7. The Bertz CT molecular complexity index is 216. The molecule has 19 heavy (non-hydrogen) atoms. The van der Waals surface area contributed by atoms with Gasteiger partial charge in [-0.1, -0.05) is 71.6 Å². The Labute approximate surface area is 121 Å². The van der Waals surface area contributed by atoms with Gasteiger partial charge in [-0.2, -0.15) is 0 Å². The average molecular weight is 264 g/mol. The van der Waals surface area contributed by atoms with E-state index in [9.17, 15) is 0 Å². The van der Waals surface area contributed by atoms with Crippen LogP contribution in [0.5, 0.6) is 0 Å². The Kier molecular flexibility index (Phi) is 6.74. The number of rotatable bonds is 6. The highest BCUT2D eigenvalue weighted by molar-refractivity contribution is 4.81. The van der Waals surface area contributed by atoms with Gasteiger partial charge < -0.3 is 0 Å². The van der Waals surface area contributed by atoms with E-state index < -0.39 is 0 Å². The molecule has 0 heterocycles. The van der Waals surface area contributed by atoms with Crippen molar-refractivity contribution >= 4 is 0 Å². The van der Waals surface area contributed by atoms with Gasteiger partial charge >= 0.3 is 0 Å². The first-order valence-electron chi connectivity index (χ1n) is 9.29. The molecule has 0 spiro atoms. The second-order valence-corrected chi connectivity index (χ2v) is 7.65. The minimum atomic E-state index is 1.02. The number of unbranched alkanes of at least 4 members (excludes halogenated alkanes) is 3. The molecule has 2 aliphatic carbocycles. The molecule has 0 atom stereocenters. The maximum absolute atomic E-state index is 2.45. The van der Waals surface area contributed by atoms with E-state index in [0.717, 1.165) is 23.7 Å². The van der Waals surface area contributed by atoms with E-state index in [-0.39, 0.29) is 0 Å². The average Bonchev–Trinajstić information content (AvgIpc) is 2.45. The van der Waals surface area contributed by atoms with E-state index >= 15 is 0 Å². The van der Waals surface area contributed by atoms with Gasteiger partial charge in [-0.15, -0.1) is 0 Å². The lowest BCUT2D eigenvalue weighted by atomic mass is 9.69. The van der Waals surface area contributed by atoms with Crippen molar-refractivity contribution in [1.82, 2.24) is 0 Å². The molecule has 0 saturated heterocycles. The van der Waals surface area contributed by atoms with Crippen molar-refractivity contribution in [3.8, 4) is 0 Å². The summed E-state index contributed by atoms with van der Waals surface area (Å²) in [7, 11) is 0. The van der Waals surface area contributed by atoms with E-state index in [1.807, 2.05) is 0 Å². The first kappa shape index (κ1) is 15.4. The van der Waals surface area contributed by atoms with Gasteiger partial charge in [0.05, 0.1) is 0 Å². The van der Waals surface area contributed by atoms with Crippen LogP contribution in [-0.4, -0.2) is 0 Å². The Balaban J connectivity index is 1.59. The topological polar surface area (TPSA) is 0 Å². The molecule has 0 heteroatoms. The summed E-state index contributed by atoms with van der Waals surface area (Å²) in [5.41, 5.74) is 0. The largest absolute Gasteiger partial charge is 0.0654 e. The number of hydrogen-bond acceptors (Lipinski definition) is 0. The lowest BCUT2D eigenvalue weighted by molar-refractivity contribution is 0.146. The van der Waals surface area contributed by atoms with E-state index in [2.05, 4.69) is 13.8 Å². The van der Waals surface area contributed by atoms with Crippen LogP contribution >= 0.6 is 0 Å². The van der Waals surface area contributed by atoms with E-state index in [0.29, 0.717) is 0 Å². The van der Waals surface area contributed by atoms with Gasteiger partial charge in [-0.3, -0.25) is 0 Å². The third kappa shape index (κ3) is 5.12. The highest BCUT2D eigenvalue weighted by atomic mass is 14.3. The third-order valence-electron chi connectivity index (χ3n) is 6.08. The highest BCUT2D eigenvalue weighted by Gasteiger charge is 2.29. The molecule has 0 aromatic rings. The molecule has 2 fully saturated rings. The van der Waals surface area contributed by atoms with Crippen LogP contribution in [0.2, 0.25) is 0 Å². The zero-order valence-corrected chi connectivity index (χ0v) is 13.5. The maximum Gasteiger partial charge on any atom is -0.0386 e. The summed E-state index contributed by atoms with van der Waals surface area (Å²) in [6, 6.07) is 0. The van der Waals surface area contributed by atoms with Crippen molar-refractivity contribution in [3.05, 3.63) is 0 Å². The van der Waals surface area contributed by atoms with Crippen molar-refractivity contribution in [1.29, 1.82) is 0 Å². The van der Waals surface area contributed by atoms with Gasteiger partial charge in [0.15, 0.2) is 0 Å². The minimum Gasteiger partial charge on any atom is -0.0654 e. The molecule has 0 aromatic carbocycles. The SMILES string of the molecule is CCCCCCC1CCC([C@H]2CC[C@H](C)CC2)CC1. The second-order valence-electron chi connectivity index (χ2n) is 7.65. The Morgan fingerprint density at radius 3 is 1.84 bits per heavy atom. The van der Waals surface area contributed by atoms with Crippen molar-refractivity contribution in [3.63, 3.8) is 0 Å². The Morgan fingerprint density at radius 2 is 1.26 bits per heavy atom. The van der Waals surface area contributed by atoms with Crippen molar-refractivity contribution < 1.29 is 0 Å². The van der Waals surface area contributed by atoms with Crippen molar-refractivity contribution in [2.24, 2.45) is 23.7 Å². The van der Waals surface area contributed by atoms with Crippen LogP contribution in [0.15, 0.2) is 0 Å². The summed E-state index contributed by atoms with van der Waals surface area (Å²) in [5, 5.41) is 0. The van der Waals surface area contributed by atoms with Crippen LogP contribution in [0.25, 0.3) is 0 Å². The van der Waals surface area contributed by atoms with Gasteiger partial charge in [0.1, 0.15) is 0 Å². The van der Waals surface area contributed by atoms with Crippen LogP contribution in [0.4, 0.5) is 0 Å². The molecule has 0 N–H and O–H groups in total. The van der Waals surface area contributed by atoms with E-state index in [1.165, 1.54) is 44.9 Å². The van der Waals surface area contributed by atoms with Crippen LogP contribution in [0.3, 0.4) is 0 Å². The summed E-state index contributed by atoms with van der Waals surface area (Å²) in [5.74, 6) is 4.33. The van der Waals surface area contributed by atoms with E-state index in [1.54, 1.807) is 38.5 Å². The molecule has 0 nitrogen and oxygen atoms in total. The van der Waals surface area contributed by atoms with Crippen LogP contribution < -0.4 is 0 Å².